The lowest BCUT2D eigenvalue weighted by Crippen LogP contribution is -2.41. The third-order valence-electron chi connectivity index (χ3n) is 8.30. The Morgan fingerprint density at radius 2 is 1.24 bits per heavy atom. The quantitative estimate of drug-likeness (QED) is 0.167. The molecule has 0 spiro atoms. The highest BCUT2D eigenvalue weighted by atomic mass is 127. The standard InChI is InChI=1S/C31H24IN3O2/c1-17-15-19(18(2)34(17)25-14-8-7-13-24(25)32)16-33-35-30(36)28-26-20-9-3-4-10-21(20)27(29(28)31(35)37)23-12-6-5-11-22(23)26/h3-16,26-29H,1-2H3/b33-16-/t26?,27?,28-,29+. The molecule has 4 aliphatic rings. The van der Waals surface area contributed by atoms with Crippen LogP contribution < -0.4 is 0 Å². The van der Waals surface area contributed by atoms with Crippen molar-refractivity contribution in [2.75, 3.05) is 0 Å². The van der Waals surface area contributed by atoms with Crippen LogP contribution in [0.5, 0.6) is 0 Å². The molecule has 3 aromatic carbocycles. The number of amides is 2. The largest absolute Gasteiger partial charge is 0.317 e. The van der Waals surface area contributed by atoms with E-state index < -0.39 is 11.8 Å². The van der Waals surface area contributed by atoms with Gasteiger partial charge in [0, 0.05) is 32.4 Å². The van der Waals surface area contributed by atoms with Gasteiger partial charge in [-0.15, -0.1) is 0 Å². The summed E-state index contributed by atoms with van der Waals surface area (Å²) >= 11 is 2.34. The van der Waals surface area contributed by atoms with Crippen LogP contribution in [0.4, 0.5) is 0 Å². The lowest BCUT2D eigenvalue weighted by molar-refractivity contribution is -0.139. The second-order valence-electron chi connectivity index (χ2n) is 10.1. The van der Waals surface area contributed by atoms with Gasteiger partial charge in [0.25, 0.3) is 11.8 Å². The van der Waals surface area contributed by atoms with E-state index in [9.17, 15) is 9.59 Å². The van der Waals surface area contributed by atoms with Gasteiger partial charge in [0.15, 0.2) is 0 Å². The van der Waals surface area contributed by atoms with E-state index in [1.807, 2.05) is 43.3 Å². The van der Waals surface area contributed by atoms with Crippen molar-refractivity contribution >= 4 is 40.6 Å². The normalized spacial score (nSPS) is 23.5. The number of nitrogens with zero attached hydrogens (tertiary/aromatic N) is 3. The Hall–Kier alpha value is -3.52. The number of hydrogen-bond donors (Lipinski definition) is 0. The summed E-state index contributed by atoms with van der Waals surface area (Å²) in [7, 11) is 0. The molecule has 1 aromatic heterocycles. The van der Waals surface area contributed by atoms with Crippen molar-refractivity contribution in [3.63, 3.8) is 0 Å². The number of aryl methyl sites for hydroxylation is 1. The lowest BCUT2D eigenvalue weighted by Gasteiger charge is -2.45. The first kappa shape index (κ1) is 22.7. The Kier molecular flexibility index (Phi) is 5.05. The minimum Gasteiger partial charge on any atom is -0.317 e. The summed E-state index contributed by atoms with van der Waals surface area (Å²) < 4.78 is 3.33. The first-order valence-electron chi connectivity index (χ1n) is 12.5. The summed E-state index contributed by atoms with van der Waals surface area (Å²) in [4.78, 5) is 27.6. The van der Waals surface area contributed by atoms with Crippen molar-refractivity contribution in [1.82, 2.24) is 9.58 Å². The van der Waals surface area contributed by atoms with Gasteiger partial charge in [-0.1, -0.05) is 60.7 Å². The Bertz CT molecular complexity index is 1540. The molecule has 1 saturated heterocycles. The zero-order valence-corrected chi connectivity index (χ0v) is 22.6. The van der Waals surface area contributed by atoms with Gasteiger partial charge in [0.1, 0.15) is 0 Å². The molecule has 182 valence electrons. The van der Waals surface area contributed by atoms with E-state index in [1.165, 1.54) is 22.3 Å². The van der Waals surface area contributed by atoms with Gasteiger partial charge in [0.2, 0.25) is 0 Å². The predicted octanol–water partition coefficient (Wildman–Crippen LogP) is 5.92. The van der Waals surface area contributed by atoms with Crippen molar-refractivity contribution in [3.8, 4) is 5.69 Å². The number of hydrogen-bond acceptors (Lipinski definition) is 3. The summed E-state index contributed by atoms with van der Waals surface area (Å²) in [6, 6.07) is 26.8. The number of hydrazone groups is 1. The van der Waals surface area contributed by atoms with Crippen molar-refractivity contribution in [3.05, 3.63) is 122 Å². The minimum absolute atomic E-state index is 0.121. The number of imide groups is 1. The average Bonchev–Trinajstić information content (AvgIpc) is 3.34. The predicted molar refractivity (Wildman–Crippen MR) is 151 cm³/mol. The number of aromatic nitrogens is 1. The molecule has 0 N–H and O–H groups in total. The van der Waals surface area contributed by atoms with Crippen LogP contribution in [0.3, 0.4) is 0 Å². The van der Waals surface area contributed by atoms with E-state index in [1.54, 1.807) is 6.21 Å². The van der Waals surface area contributed by atoms with Crippen molar-refractivity contribution < 1.29 is 9.59 Å². The Balaban J connectivity index is 1.28. The minimum atomic E-state index is -0.419. The molecular formula is C31H24IN3O2. The molecule has 3 aliphatic carbocycles. The van der Waals surface area contributed by atoms with Crippen LogP contribution in [0, 0.1) is 29.3 Å². The molecule has 2 bridgehead atoms. The highest BCUT2D eigenvalue weighted by Gasteiger charge is 2.61. The van der Waals surface area contributed by atoms with Gasteiger partial charge in [-0.25, -0.2) is 0 Å². The van der Waals surface area contributed by atoms with E-state index >= 15 is 0 Å². The Labute approximate surface area is 228 Å². The molecule has 5 nitrogen and oxygen atoms in total. The van der Waals surface area contributed by atoms with Crippen LogP contribution in [0.25, 0.3) is 5.69 Å². The first-order chi connectivity index (χ1) is 18.0. The zero-order valence-electron chi connectivity index (χ0n) is 20.4. The van der Waals surface area contributed by atoms with Gasteiger partial charge >= 0.3 is 0 Å². The summed E-state index contributed by atoms with van der Waals surface area (Å²) in [5, 5.41) is 5.67. The second kappa shape index (κ2) is 8.25. The van der Waals surface area contributed by atoms with E-state index in [0.717, 1.165) is 31.2 Å². The number of carbonyl (C=O) groups is 2. The maximum Gasteiger partial charge on any atom is 0.254 e. The van der Waals surface area contributed by atoms with Crippen molar-refractivity contribution in [2.45, 2.75) is 25.7 Å². The maximum absolute atomic E-state index is 13.8. The summed E-state index contributed by atoms with van der Waals surface area (Å²) in [5.41, 5.74) is 8.75. The molecule has 0 unspecified atom stereocenters. The third kappa shape index (κ3) is 3.11. The number of rotatable bonds is 3. The maximum atomic E-state index is 13.8. The summed E-state index contributed by atoms with van der Waals surface area (Å²) in [5.74, 6) is -1.47. The monoisotopic (exact) mass is 597 g/mol. The molecule has 0 radical (unpaired) electrons. The lowest BCUT2D eigenvalue weighted by atomic mass is 9.55. The molecule has 1 fully saturated rings. The molecule has 0 saturated carbocycles. The number of carbonyl (C=O) groups excluding carboxylic acids is 2. The fourth-order valence-electron chi connectivity index (χ4n) is 6.82. The number of halogens is 1. The fraction of sp³-hybridized carbons (Fsp3) is 0.194. The first-order valence-corrected chi connectivity index (χ1v) is 13.6. The van der Waals surface area contributed by atoms with Crippen molar-refractivity contribution in [2.24, 2.45) is 16.9 Å². The second-order valence-corrected chi connectivity index (χ2v) is 11.3. The Morgan fingerprint density at radius 1 is 0.757 bits per heavy atom. The van der Waals surface area contributed by atoms with Gasteiger partial charge in [-0.05, 0) is 76.9 Å². The van der Waals surface area contributed by atoms with Crippen LogP contribution in [0.15, 0.2) is 84.0 Å². The molecule has 8 rings (SSSR count). The van der Waals surface area contributed by atoms with Gasteiger partial charge in [-0.2, -0.15) is 10.1 Å². The number of para-hydroxylation sites is 1. The van der Waals surface area contributed by atoms with Gasteiger partial charge in [0.05, 0.1) is 23.7 Å². The highest BCUT2D eigenvalue weighted by molar-refractivity contribution is 14.1. The molecule has 2 heterocycles. The summed E-state index contributed by atoms with van der Waals surface area (Å²) in [6.07, 6.45) is 1.67. The molecule has 1 aliphatic heterocycles. The van der Waals surface area contributed by atoms with E-state index in [2.05, 4.69) is 81.6 Å². The van der Waals surface area contributed by atoms with Crippen LogP contribution in [0.1, 0.15) is 51.0 Å². The Morgan fingerprint density at radius 3 is 1.76 bits per heavy atom. The zero-order chi connectivity index (χ0) is 25.4. The molecule has 37 heavy (non-hydrogen) atoms. The molecule has 6 heteroatoms. The molecule has 2 atom stereocenters. The van der Waals surface area contributed by atoms with E-state index in [0.29, 0.717) is 0 Å². The average molecular weight is 597 g/mol. The molecule has 4 aromatic rings. The topological polar surface area (TPSA) is 54.7 Å². The van der Waals surface area contributed by atoms with Crippen LogP contribution in [0.2, 0.25) is 0 Å². The third-order valence-corrected chi connectivity index (χ3v) is 9.21. The van der Waals surface area contributed by atoms with Crippen molar-refractivity contribution in [1.29, 1.82) is 0 Å². The smallest absolute Gasteiger partial charge is 0.254 e. The fourth-order valence-corrected chi connectivity index (χ4v) is 7.45. The molecule has 2 amide bonds. The van der Waals surface area contributed by atoms with E-state index in [-0.39, 0.29) is 23.7 Å². The highest BCUT2D eigenvalue weighted by Crippen LogP contribution is 2.60. The van der Waals surface area contributed by atoms with E-state index in [4.69, 9.17) is 0 Å². The van der Waals surface area contributed by atoms with Crippen LogP contribution in [-0.4, -0.2) is 27.6 Å². The number of benzene rings is 3. The van der Waals surface area contributed by atoms with Gasteiger partial charge in [-0.3, -0.25) is 9.59 Å². The summed E-state index contributed by atoms with van der Waals surface area (Å²) in [6.45, 7) is 4.10. The van der Waals surface area contributed by atoms with Crippen LogP contribution in [-0.2, 0) is 9.59 Å². The van der Waals surface area contributed by atoms with Gasteiger partial charge < -0.3 is 4.57 Å². The SMILES string of the molecule is Cc1cc(/C=N\N2C(=O)[C@@H]3C4c5ccccc5C(c5ccccc54)[C@@H]3C2=O)c(C)n1-c1ccccc1I. The van der Waals surface area contributed by atoms with Crippen LogP contribution >= 0.6 is 22.6 Å². The molecular weight excluding hydrogens is 573 g/mol.